The molecule has 100 valence electrons. The second-order valence-corrected chi connectivity index (χ2v) is 4.08. The molecule has 0 spiro atoms. The zero-order chi connectivity index (χ0) is 14.1. The molecule has 0 aromatic heterocycles. The number of nitrogens with zero attached hydrogens (tertiary/aromatic N) is 1. The molecule has 1 aromatic carbocycles. The van der Waals surface area contributed by atoms with Gasteiger partial charge >= 0.3 is 0 Å². The van der Waals surface area contributed by atoms with Crippen molar-refractivity contribution in [3.05, 3.63) is 24.3 Å². The van der Waals surface area contributed by atoms with Gasteiger partial charge in [0.25, 0.3) is 0 Å². The summed E-state index contributed by atoms with van der Waals surface area (Å²) in [6, 6.07) is 8.70. The van der Waals surface area contributed by atoms with Crippen LogP contribution in [0.1, 0.15) is 32.6 Å². The van der Waals surface area contributed by atoms with Crippen molar-refractivity contribution in [3.63, 3.8) is 0 Å². The SMILES string of the molecule is CCCCC(=O)Nc1ccccc1NC(=O)CC#N. The van der Waals surface area contributed by atoms with Gasteiger partial charge in [-0.1, -0.05) is 25.5 Å². The van der Waals surface area contributed by atoms with Crippen LogP contribution in [0.5, 0.6) is 0 Å². The smallest absolute Gasteiger partial charge is 0.238 e. The highest BCUT2D eigenvalue weighted by Crippen LogP contribution is 2.21. The molecule has 0 fully saturated rings. The third kappa shape index (κ3) is 5.21. The molecule has 2 N–H and O–H groups in total. The Morgan fingerprint density at radius 1 is 1.16 bits per heavy atom. The maximum absolute atomic E-state index is 11.7. The van der Waals surface area contributed by atoms with E-state index in [-0.39, 0.29) is 12.3 Å². The number of carbonyl (C=O) groups excluding carboxylic acids is 2. The van der Waals surface area contributed by atoms with Crippen molar-refractivity contribution in [1.29, 1.82) is 5.26 Å². The summed E-state index contributed by atoms with van der Waals surface area (Å²) < 4.78 is 0. The fourth-order valence-corrected chi connectivity index (χ4v) is 1.52. The fraction of sp³-hybridized carbons (Fsp3) is 0.357. The lowest BCUT2D eigenvalue weighted by molar-refractivity contribution is -0.116. The number of rotatable bonds is 6. The van der Waals surface area contributed by atoms with Crippen LogP contribution in [-0.2, 0) is 9.59 Å². The number of nitrogens with one attached hydrogen (secondary N) is 2. The van der Waals surface area contributed by atoms with E-state index in [1.165, 1.54) is 0 Å². The molecule has 0 unspecified atom stereocenters. The molecule has 2 amide bonds. The van der Waals surface area contributed by atoms with Gasteiger partial charge in [0.05, 0.1) is 17.4 Å². The van der Waals surface area contributed by atoms with E-state index in [0.717, 1.165) is 12.8 Å². The number of benzene rings is 1. The van der Waals surface area contributed by atoms with Gasteiger partial charge in [0.2, 0.25) is 11.8 Å². The summed E-state index contributed by atoms with van der Waals surface area (Å²) in [6.45, 7) is 2.02. The number of anilines is 2. The molecular formula is C14H17N3O2. The summed E-state index contributed by atoms with van der Waals surface area (Å²) in [5.74, 6) is -0.471. The third-order valence-corrected chi connectivity index (χ3v) is 2.47. The highest BCUT2D eigenvalue weighted by Gasteiger charge is 2.08. The van der Waals surface area contributed by atoms with Gasteiger partial charge in [-0.3, -0.25) is 9.59 Å². The van der Waals surface area contributed by atoms with Crippen LogP contribution >= 0.6 is 0 Å². The van der Waals surface area contributed by atoms with E-state index in [1.807, 2.05) is 6.92 Å². The first-order valence-corrected chi connectivity index (χ1v) is 6.23. The van der Waals surface area contributed by atoms with Gasteiger partial charge in [0.1, 0.15) is 6.42 Å². The summed E-state index contributed by atoms with van der Waals surface area (Å²) in [7, 11) is 0. The number of hydrogen-bond acceptors (Lipinski definition) is 3. The summed E-state index contributed by atoms with van der Waals surface area (Å²) in [5.41, 5.74) is 1.06. The van der Waals surface area contributed by atoms with Gasteiger partial charge < -0.3 is 10.6 Å². The number of hydrogen-bond donors (Lipinski definition) is 2. The Bertz CT molecular complexity index is 492. The van der Waals surface area contributed by atoms with Crippen molar-refractivity contribution in [1.82, 2.24) is 0 Å². The molecule has 0 aliphatic carbocycles. The molecule has 0 radical (unpaired) electrons. The lowest BCUT2D eigenvalue weighted by Crippen LogP contribution is -2.15. The van der Waals surface area contributed by atoms with Gasteiger partial charge in [0, 0.05) is 6.42 Å². The number of unbranched alkanes of at least 4 members (excludes halogenated alkanes) is 1. The van der Waals surface area contributed by atoms with Crippen LogP contribution in [0.15, 0.2) is 24.3 Å². The third-order valence-electron chi connectivity index (χ3n) is 2.47. The van der Waals surface area contributed by atoms with Crippen LogP contribution in [0, 0.1) is 11.3 Å². The summed E-state index contributed by atoms with van der Waals surface area (Å²) in [6.07, 6.45) is 2.03. The molecule has 0 aliphatic rings. The molecule has 1 rings (SSSR count). The fourth-order valence-electron chi connectivity index (χ4n) is 1.52. The number of para-hydroxylation sites is 2. The molecule has 0 saturated carbocycles. The van der Waals surface area contributed by atoms with Crippen LogP contribution in [0.4, 0.5) is 11.4 Å². The van der Waals surface area contributed by atoms with E-state index in [4.69, 9.17) is 5.26 Å². The quantitative estimate of drug-likeness (QED) is 0.824. The zero-order valence-corrected chi connectivity index (χ0v) is 10.9. The zero-order valence-electron chi connectivity index (χ0n) is 10.9. The number of amides is 2. The van der Waals surface area contributed by atoms with E-state index < -0.39 is 5.91 Å². The molecule has 1 aromatic rings. The summed E-state index contributed by atoms with van der Waals surface area (Å²) in [4.78, 5) is 23.0. The van der Waals surface area contributed by atoms with Gasteiger partial charge in [-0.2, -0.15) is 5.26 Å². The largest absolute Gasteiger partial charge is 0.324 e. The predicted octanol–water partition coefficient (Wildman–Crippen LogP) is 2.67. The lowest BCUT2D eigenvalue weighted by atomic mass is 10.2. The molecular weight excluding hydrogens is 242 g/mol. The minimum atomic E-state index is -0.391. The Hall–Kier alpha value is -2.35. The van der Waals surface area contributed by atoms with Crippen LogP contribution in [0.2, 0.25) is 0 Å². The highest BCUT2D eigenvalue weighted by atomic mass is 16.2. The van der Waals surface area contributed by atoms with Crippen molar-refractivity contribution in [2.45, 2.75) is 32.6 Å². The monoisotopic (exact) mass is 259 g/mol. The molecule has 0 aliphatic heterocycles. The molecule has 0 bridgehead atoms. The first-order valence-electron chi connectivity index (χ1n) is 6.23. The Balaban J connectivity index is 2.70. The van der Waals surface area contributed by atoms with Gasteiger partial charge in [0.15, 0.2) is 0 Å². The Labute approximate surface area is 112 Å². The van der Waals surface area contributed by atoms with E-state index in [9.17, 15) is 9.59 Å². The molecule has 19 heavy (non-hydrogen) atoms. The minimum Gasteiger partial charge on any atom is -0.324 e. The Kier molecular flexibility index (Phi) is 6.10. The Morgan fingerprint density at radius 2 is 1.74 bits per heavy atom. The molecule has 5 nitrogen and oxygen atoms in total. The average Bonchev–Trinajstić information content (AvgIpc) is 2.39. The van der Waals surface area contributed by atoms with Crippen molar-refractivity contribution < 1.29 is 9.59 Å². The standard InChI is InChI=1S/C14H17N3O2/c1-2-3-8-13(18)16-11-6-4-5-7-12(11)17-14(19)9-10-15/h4-7H,2-3,8-9H2,1H3,(H,16,18)(H,17,19). The van der Waals surface area contributed by atoms with Crippen molar-refractivity contribution in [3.8, 4) is 6.07 Å². The maximum atomic E-state index is 11.7. The highest BCUT2D eigenvalue weighted by molar-refractivity contribution is 5.99. The van der Waals surface area contributed by atoms with Crippen LogP contribution < -0.4 is 10.6 Å². The van der Waals surface area contributed by atoms with Crippen LogP contribution in [0.25, 0.3) is 0 Å². The second-order valence-electron chi connectivity index (χ2n) is 4.08. The van der Waals surface area contributed by atoms with Crippen LogP contribution in [-0.4, -0.2) is 11.8 Å². The molecule has 0 saturated heterocycles. The maximum Gasteiger partial charge on any atom is 0.238 e. The second kappa shape index (κ2) is 7.88. The molecule has 0 heterocycles. The van der Waals surface area contributed by atoms with Gasteiger partial charge in [-0.05, 0) is 18.6 Å². The van der Waals surface area contributed by atoms with Crippen molar-refractivity contribution >= 4 is 23.2 Å². The summed E-state index contributed by atoms with van der Waals surface area (Å²) >= 11 is 0. The minimum absolute atomic E-state index is 0.0798. The van der Waals surface area contributed by atoms with Crippen molar-refractivity contribution in [2.75, 3.05) is 10.6 Å². The van der Waals surface area contributed by atoms with Crippen LogP contribution in [0.3, 0.4) is 0 Å². The van der Waals surface area contributed by atoms with E-state index >= 15 is 0 Å². The predicted molar refractivity (Wildman–Crippen MR) is 73.5 cm³/mol. The normalized spacial score (nSPS) is 9.47. The van der Waals surface area contributed by atoms with E-state index in [2.05, 4.69) is 10.6 Å². The first-order chi connectivity index (χ1) is 9.17. The van der Waals surface area contributed by atoms with E-state index in [1.54, 1.807) is 30.3 Å². The lowest BCUT2D eigenvalue weighted by Gasteiger charge is -2.11. The first kappa shape index (κ1) is 14.7. The van der Waals surface area contributed by atoms with Crippen molar-refractivity contribution in [2.24, 2.45) is 0 Å². The molecule has 5 heteroatoms. The average molecular weight is 259 g/mol. The van der Waals surface area contributed by atoms with E-state index in [0.29, 0.717) is 17.8 Å². The van der Waals surface area contributed by atoms with Gasteiger partial charge in [-0.15, -0.1) is 0 Å². The van der Waals surface area contributed by atoms with Gasteiger partial charge in [-0.25, -0.2) is 0 Å². The number of carbonyl (C=O) groups is 2. The molecule has 0 atom stereocenters. The Morgan fingerprint density at radius 3 is 2.26 bits per heavy atom. The number of nitriles is 1. The topological polar surface area (TPSA) is 82.0 Å². The summed E-state index contributed by atoms with van der Waals surface area (Å²) in [5, 5.41) is 13.8.